The third kappa shape index (κ3) is 5.30. The molecular formula is C27H26N4O5S. The summed E-state index contributed by atoms with van der Waals surface area (Å²) in [5.74, 6) is 9.27. The van der Waals surface area contributed by atoms with Gasteiger partial charge in [-0.25, -0.2) is 9.78 Å². The van der Waals surface area contributed by atoms with Crippen LogP contribution in [0.4, 0.5) is 0 Å². The van der Waals surface area contributed by atoms with Gasteiger partial charge in [-0.2, -0.15) is 4.98 Å². The molecule has 0 saturated carbocycles. The van der Waals surface area contributed by atoms with E-state index in [0.29, 0.717) is 31.3 Å². The number of ether oxygens (including phenoxy) is 3. The highest BCUT2D eigenvalue weighted by Gasteiger charge is 2.24. The molecule has 1 atom stereocenters. The Morgan fingerprint density at radius 1 is 1.19 bits per heavy atom. The summed E-state index contributed by atoms with van der Waals surface area (Å²) in [4.78, 5) is 23.2. The van der Waals surface area contributed by atoms with E-state index in [4.69, 9.17) is 14.2 Å². The molecule has 190 valence electrons. The van der Waals surface area contributed by atoms with Gasteiger partial charge >= 0.3 is 5.69 Å². The lowest BCUT2D eigenvalue weighted by molar-refractivity contribution is 0.0486. The maximum absolute atomic E-state index is 12.7. The molecule has 3 aliphatic heterocycles. The molecule has 0 bridgehead atoms. The predicted molar refractivity (Wildman–Crippen MR) is 138 cm³/mol. The molecule has 3 aromatic rings. The van der Waals surface area contributed by atoms with E-state index in [2.05, 4.69) is 32.8 Å². The number of nitrogens with zero attached hydrogens (tertiary/aromatic N) is 4. The fourth-order valence-corrected chi connectivity index (χ4v) is 5.79. The molecule has 6 rings (SSSR count). The Labute approximate surface area is 217 Å². The summed E-state index contributed by atoms with van der Waals surface area (Å²) >= 11 is -0.678. The van der Waals surface area contributed by atoms with E-state index in [1.54, 1.807) is 22.9 Å². The first-order valence-electron chi connectivity index (χ1n) is 12.3. The van der Waals surface area contributed by atoms with E-state index in [1.165, 1.54) is 0 Å². The van der Waals surface area contributed by atoms with Crippen LogP contribution in [0.1, 0.15) is 11.1 Å². The van der Waals surface area contributed by atoms with Crippen molar-refractivity contribution in [2.45, 2.75) is 19.1 Å². The van der Waals surface area contributed by atoms with Gasteiger partial charge in [-0.15, -0.1) is 0 Å². The first-order valence-corrected chi connectivity index (χ1v) is 13.8. The second-order valence-corrected chi connectivity index (χ2v) is 10.8. The molecule has 3 aliphatic rings. The van der Waals surface area contributed by atoms with Gasteiger partial charge in [0.1, 0.15) is 24.7 Å². The first-order chi connectivity index (χ1) is 18.1. The van der Waals surface area contributed by atoms with Gasteiger partial charge in [0.25, 0.3) is 5.88 Å². The molecule has 37 heavy (non-hydrogen) atoms. The van der Waals surface area contributed by atoms with E-state index >= 15 is 0 Å². The maximum Gasteiger partial charge on any atom is 0.351 e. The number of aromatic nitrogens is 3. The van der Waals surface area contributed by atoms with E-state index in [0.717, 1.165) is 53.4 Å². The normalized spacial score (nSPS) is 18.8. The number of fused-ring (bicyclic) bond motifs is 4. The molecule has 0 radical (unpaired) electrons. The number of hydrogen-bond donors (Lipinski definition) is 0. The van der Waals surface area contributed by atoms with Gasteiger partial charge in [-0.3, -0.25) is 9.47 Å². The van der Waals surface area contributed by atoms with Crippen molar-refractivity contribution in [3.8, 4) is 40.6 Å². The molecule has 1 fully saturated rings. The quantitative estimate of drug-likeness (QED) is 0.378. The summed E-state index contributed by atoms with van der Waals surface area (Å²) in [7, 11) is 0. The summed E-state index contributed by atoms with van der Waals surface area (Å²) in [6.45, 7) is 3.40. The highest BCUT2D eigenvalue weighted by atomic mass is 32.2. The molecule has 0 N–H and O–H groups in total. The Morgan fingerprint density at radius 2 is 2.08 bits per heavy atom. The SMILES string of the molecule is O=c1nc(OCC2COc3ncccc3O2)cc2n1CCc1cc(C#CCN3CC[S+]([O-])CC3)ccc1-2. The smallest absolute Gasteiger partial charge is 0.351 e. The Balaban J connectivity index is 1.15. The van der Waals surface area contributed by atoms with Gasteiger partial charge in [0.15, 0.2) is 11.9 Å². The summed E-state index contributed by atoms with van der Waals surface area (Å²) < 4.78 is 30.6. The molecule has 0 aliphatic carbocycles. The van der Waals surface area contributed by atoms with E-state index < -0.39 is 11.2 Å². The molecule has 1 saturated heterocycles. The van der Waals surface area contributed by atoms with Crippen LogP contribution in [-0.4, -0.2) is 74.4 Å². The summed E-state index contributed by atoms with van der Waals surface area (Å²) in [6, 6.07) is 11.5. The molecule has 5 heterocycles. The fourth-order valence-electron chi connectivity index (χ4n) is 4.67. The van der Waals surface area contributed by atoms with Gasteiger partial charge in [-0.1, -0.05) is 29.1 Å². The van der Waals surface area contributed by atoms with Crippen molar-refractivity contribution in [1.82, 2.24) is 19.4 Å². The minimum absolute atomic E-state index is 0.193. The standard InChI is InChI=1S/C27H26N4O5S/c32-27-29-25(34-17-21-18-35-26-24(36-21)4-1-8-28-26)16-23-22-6-5-19(15-20(22)7-10-31(23)27)3-2-9-30-11-13-37(33)14-12-30/h1,4-6,8,15-16,21H,7,9-14,17-18H2. The van der Waals surface area contributed by atoms with Crippen molar-refractivity contribution < 1.29 is 18.8 Å². The van der Waals surface area contributed by atoms with E-state index in [9.17, 15) is 9.35 Å². The number of benzene rings is 1. The lowest BCUT2D eigenvalue weighted by Gasteiger charge is -2.26. The van der Waals surface area contributed by atoms with Gasteiger partial charge in [0.2, 0.25) is 5.88 Å². The highest BCUT2D eigenvalue weighted by molar-refractivity contribution is 7.91. The van der Waals surface area contributed by atoms with Crippen LogP contribution in [0.3, 0.4) is 0 Å². The molecule has 2 aromatic heterocycles. The van der Waals surface area contributed by atoms with Crippen LogP contribution in [0.2, 0.25) is 0 Å². The third-order valence-electron chi connectivity index (χ3n) is 6.63. The fraction of sp³-hybridized carbons (Fsp3) is 0.370. The van der Waals surface area contributed by atoms with Crippen molar-refractivity contribution in [2.75, 3.05) is 44.4 Å². The van der Waals surface area contributed by atoms with Crippen LogP contribution in [0.5, 0.6) is 17.5 Å². The summed E-state index contributed by atoms with van der Waals surface area (Å²) in [5.41, 5.74) is 3.53. The van der Waals surface area contributed by atoms with Crippen molar-refractivity contribution in [1.29, 1.82) is 0 Å². The van der Waals surface area contributed by atoms with Crippen LogP contribution in [0.25, 0.3) is 11.3 Å². The molecule has 0 spiro atoms. The molecular weight excluding hydrogens is 492 g/mol. The van der Waals surface area contributed by atoms with Crippen molar-refractivity contribution in [3.05, 3.63) is 64.2 Å². The van der Waals surface area contributed by atoms with Crippen molar-refractivity contribution >= 4 is 11.2 Å². The van der Waals surface area contributed by atoms with E-state index in [-0.39, 0.29) is 24.3 Å². The van der Waals surface area contributed by atoms with Crippen LogP contribution in [0, 0.1) is 11.8 Å². The summed E-state index contributed by atoms with van der Waals surface area (Å²) in [6.07, 6.45) is 2.05. The number of hydrogen-bond acceptors (Lipinski definition) is 8. The van der Waals surface area contributed by atoms with Crippen LogP contribution in [-0.2, 0) is 24.1 Å². The van der Waals surface area contributed by atoms with Crippen LogP contribution >= 0.6 is 0 Å². The number of pyridine rings is 1. The van der Waals surface area contributed by atoms with Crippen molar-refractivity contribution in [2.24, 2.45) is 0 Å². The Bertz CT molecular complexity index is 1420. The van der Waals surface area contributed by atoms with Gasteiger partial charge in [0.05, 0.1) is 12.2 Å². The molecule has 1 unspecified atom stereocenters. The Hall–Kier alpha value is -3.52. The van der Waals surface area contributed by atoms with Gasteiger partial charge in [-0.05, 0) is 36.2 Å². The molecule has 1 aromatic carbocycles. The van der Waals surface area contributed by atoms with Gasteiger partial charge in [0, 0.05) is 43.0 Å². The topological polar surface area (TPSA) is 102 Å². The minimum atomic E-state index is -0.678. The average Bonchev–Trinajstić information content (AvgIpc) is 2.92. The monoisotopic (exact) mass is 518 g/mol. The molecule has 9 nitrogen and oxygen atoms in total. The lowest BCUT2D eigenvalue weighted by atomic mass is 9.95. The first kappa shape index (κ1) is 23.9. The highest BCUT2D eigenvalue weighted by Crippen LogP contribution is 2.31. The molecule has 0 amide bonds. The van der Waals surface area contributed by atoms with Crippen LogP contribution in [0.15, 0.2) is 47.4 Å². The summed E-state index contributed by atoms with van der Waals surface area (Å²) in [5, 5.41) is 0. The van der Waals surface area contributed by atoms with Crippen LogP contribution < -0.4 is 19.9 Å². The zero-order valence-corrected chi connectivity index (χ0v) is 21.0. The lowest BCUT2D eigenvalue weighted by Crippen LogP contribution is -2.40. The number of aryl methyl sites for hydroxylation is 1. The number of rotatable bonds is 4. The zero-order valence-electron chi connectivity index (χ0n) is 20.2. The second-order valence-electron chi connectivity index (χ2n) is 9.13. The Kier molecular flexibility index (Phi) is 6.74. The maximum atomic E-state index is 12.7. The van der Waals surface area contributed by atoms with Crippen molar-refractivity contribution in [3.63, 3.8) is 0 Å². The van der Waals surface area contributed by atoms with Gasteiger partial charge < -0.3 is 18.8 Å². The third-order valence-corrected chi connectivity index (χ3v) is 7.91. The average molecular weight is 519 g/mol. The Morgan fingerprint density at radius 3 is 2.97 bits per heavy atom. The second kappa shape index (κ2) is 10.5. The van der Waals surface area contributed by atoms with E-state index in [1.807, 2.05) is 18.2 Å². The largest absolute Gasteiger partial charge is 0.616 e. The predicted octanol–water partition coefficient (Wildman–Crippen LogP) is 1.50. The molecule has 10 heteroatoms. The zero-order chi connectivity index (χ0) is 25.2. The minimum Gasteiger partial charge on any atom is -0.616 e.